The van der Waals surface area contributed by atoms with E-state index in [0.717, 1.165) is 18.4 Å². The summed E-state index contributed by atoms with van der Waals surface area (Å²) in [6, 6.07) is 10.1. The first-order valence-corrected chi connectivity index (χ1v) is 7.38. The van der Waals surface area contributed by atoms with E-state index in [0.29, 0.717) is 6.61 Å². The molecule has 0 spiro atoms. The van der Waals surface area contributed by atoms with E-state index >= 15 is 0 Å². The number of hydrogen-bond donors (Lipinski definition) is 0. The van der Waals surface area contributed by atoms with Gasteiger partial charge in [0.15, 0.2) is 0 Å². The van der Waals surface area contributed by atoms with Gasteiger partial charge in [-0.05, 0) is 24.0 Å². The average molecular weight is 280 g/mol. The third kappa shape index (κ3) is 2.00. The Kier molecular flexibility index (Phi) is 2.89. The first kappa shape index (κ1) is 12.7. The average Bonchev–Trinajstić information content (AvgIpc) is 2.97. The maximum atomic E-state index is 11.7. The second-order valence-corrected chi connectivity index (χ2v) is 5.95. The lowest BCUT2D eigenvalue weighted by Gasteiger charge is -2.32. The van der Waals surface area contributed by atoms with Gasteiger partial charge in [-0.3, -0.25) is 9.59 Å². The first-order chi connectivity index (χ1) is 10.2. The van der Waals surface area contributed by atoms with Crippen molar-refractivity contribution >= 4 is 11.6 Å². The van der Waals surface area contributed by atoms with Crippen LogP contribution >= 0.6 is 0 Å². The summed E-state index contributed by atoms with van der Waals surface area (Å²) in [5.74, 6) is -0.961. The van der Waals surface area contributed by atoms with Gasteiger partial charge < -0.3 is 4.74 Å². The number of ether oxygens (including phenoxy) is 1. The molecule has 1 aromatic rings. The summed E-state index contributed by atoms with van der Waals surface area (Å²) >= 11 is 0. The Morgan fingerprint density at radius 2 is 1.57 bits per heavy atom. The Morgan fingerprint density at radius 1 is 0.952 bits per heavy atom. The molecule has 3 nitrogen and oxygen atoms in total. The Balaban J connectivity index is 1.39. The van der Waals surface area contributed by atoms with Crippen LogP contribution in [0.2, 0.25) is 0 Å². The third-order valence-corrected chi connectivity index (χ3v) is 4.66. The second-order valence-electron chi connectivity index (χ2n) is 5.95. The maximum Gasteiger partial charge on any atom is 0.210 e. The Hall–Kier alpha value is -2.00. The monoisotopic (exact) mass is 280 g/mol. The van der Waals surface area contributed by atoms with Gasteiger partial charge in [0.2, 0.25) is 11.6 Å². The minimum absolute atomic E-state index is 0.220. The largest absolute Gasteiger partial charge is 0.373 e. The predicted octanol–water partition coefficient (Wildman–Crippen LogP) is 2.62. The van der Waals surface area contributed by atoms with Crippen molar-refractivity contribution in [1.29, 1.82) is 0 Å². The molecule has 1 aromatic carbocycles. The van der Waals surface area contributed by atoms with Crippen LogP contribution in [0.4, 0.5) is 0 Å². The van der Waals surface area contributed by atoms with Gasteiger partial charge in [-0.15, -0.1) is 0 Å². The quantitative estimate of drug-likeness (QED) is 0.631. The van der Waals surface area contributed by atoms with Gasteiger partial charge in [-0.1, -0.05) is 48.1 Å². The van der Waals surface area contributed by atoms with Crippen LogP contribution in [0.15, 0.2) is 53.6 Å². The smallest absolute Gasteiger partial charge is 0.210 e. The topological polar surface area (TPSA) is 43.4 Å². The van der Waals surface area contributed by atoms with Crippen molar-refractivity contribution in [2.24, 2.45) is 11.8 Å². The summed E-state index contributed by atoms with van der Waals surface area (Å²) in [6.07, 6.45) is 5.70. The number of Topliss-reactive ketones (excluding diaryl/α,β-unsaturated/α-hetero) is 2. The van der Waals surface area contributed by atoms with E-state index < -0.39 is 0 Å². The summed E-state index contributed by atoms with van der Waals surface area (Å²) in [5.41, 5.74) is 3.49. The summed E-state index contributed by atoms with van der Waals surface area (Å²) in [7, 11) is 0. The molecule has 0 heterocycles. The van der Waals surface area contributed by atoms with Crippen molar-refractivity contribution in [3.63, 3.8) is 0 Å². The number of benzene rings is 1. The van der Waals surface area contributed by atoms with Crippen LogP contribution < -0.4 is 0 Å². The molecule has 3 aliphatic rings. The molecule has 2 bridgehead atoms. The summed E-state index contributed by atoms with van der Waals surface area (Å²) in [4.78, 5) is 23.5. The third-order valence-electron chi connectivity index (χ3n) is 4.66. The van der Waals surface area contributed by atoms with Crippen molar-refractivity contribution in [2.45, 2.75) is 25.6 Å². The summed E-state index contributed by atoms with van der Waals surface area (Å²) in [6.45, 7) is 0.622. The van der Waals surface area contributed by atoms with Crippen LogP contribution in [-0.2, 0) is 20.9 Å². The lowest BCUT2D eigenvalue weighted by molar-refractivity contribution is -0.136. The molecule has 2 saturated carbocycles. The molecule has 0 radical (unpaired) electrons. The summed E-state index contributed by atoms with van der Waals surface area (Å²) < 4.78 is 5.87. The Morgan fingerprint density at radius 3 is 2.19 bits per heavy atom. The number of fused-ring (bicyclic) bond motifs is 2. The summed E-state index contributed by atoms with van der Waals surface area (Å²) in [5, 5.41) is 0. The number of carbonyl (C=O) groups is 2. The molecule has 4 rings (SSSR count). The molecule has 106 valence electrons. The molecule has 3 aliphatic carbocycles. The predicted molar refractivity (Wildman–Crippen MR) is 77.4 cm³/mol. The molecule has 3 heteroatoms. The fraction of sp³-hybridized carbons (Fsp3) is 0.333. The van der Waals surface area contributed by atoms with Crippen LogP contribution in [0.5, 0.6) is 0 Å². The van der Waals surface area contributed by atoms with Gasteiger partial charge in [-0.2, -0.15) is 0 Å². The highest BCUT2D eigenvalue weighted by atomic mass is 16.5. The van der Waals surface area contributed by atoms with Gasteiger partial charge in [0.05, 0.1) is 24.5 Å². The van der Waals surface area contributed by atoms with Gasteiger partial charge >= 0.3 is 0 Å². The van der Waals surface area contributed by atoms with Crippen molar-refractivity contribution in [1.82, 2.24) is 0 Å². The van der Waals surface area contributed by atoms with Gasteiger partial charge in [0.1, 0.15) is 0 Å². The molecule has 0 amide bonds. The molecule has 0 saturated heterocycles. The molecule has 2 fully saturated rings. The SMILES string of the molecule is O=C1C(=O)C2C=CC1C2=C1CC(OCc2ccccc2)C1. The number of carbonyl (C=O) groups excluding carboxylic acids is 2. The molecule has 0 aliphatic heterocycles. The number of rotatable bonds is 3. The fourth-order valence-corrected chi connectivity index (χ4v) is 3.46. The van der Waals surface area contributed by atoms with Crippen molar-refractivity contribution < 1.29 is 14.3 Å². The molecular weight excluding hydrogens is 264 g/mol. The molecule has 0 N–H and O–H groups in total. The van der Waals surface area contributed by atoms with Crippen molar-refractivity contribution in [3.8, 4) is 0 Å². The van der Waals surface area contributed by atoms with Crippen LogP contribution in [0.1, 0.15) is 18.4 Å². The van der Waals surface area contributed by atoms with E-state index in [1.165, 1.54) is 11.1 Å². The van der Waals surface area contributed by atoms with Crippen LogP contribution in [0.25, 0.3) is 0 Å². The van der Waals surface area contributed by atoms with Crippen LogP contribution in [-0.4, -0.2) is 17.7 Å². The first-order valence-electron chi connectivity index (χ1n) is 7.38. The minimum Gasteiger partial charge on any atom is -0.373 e. The molecule has 2 atom stereocenters. The second kappa shape index (κ2) is 4.78. The lowest BCUT2D eigenvalue weighted by Crippen LogP contribution is -2.26. The van der Waals surface area contributed by atoms with E-state index in [1.54, 1.807) is 0 Å². The minimum atomic E-state index is -0.257. The Bertz CT molecular complexity index is 635. The van der Waals surface area contributed by atoms with E-state index in [9.17, 15) is 9.59 Å². The zero-order valence-corrected chi connectivity index (χ0v) is 11.6. The highest BCUT2D eigenvalue weighted by molar-refractivity contribution is 6.44. The normalized spacial score (nSPS) is 30.2. The van der Waals surface area contributed by atoms with Gasteiger partial charge in [0, 0.05) is 0 Å². The Labute approximate surface area is 123 Å². The highest BCUT2D eigenvalue weighted by Gasteiger charge is 2.49. The van der Waals surface area contributed by atoms with Crippen molar-refractivity contribution in [2.75, 3.05) is 0 Å². The highest BCUT2D eigenvalue weighted by Crippen LogP contribution is 2.46. The lowest BCUT2D eigenvalue weighted by atomic mass is 9.81. The van der Waals surface area contributed by atoms with E-state index in [4.69, 9.17) is 4.74 Å². The zero-order valence-electron chi connectivity index (χ0n) is 11.6. The van der Waals surface area contributed by atoms with E-state index in [-0.39, 0.29) is 29.5 Å². The number of allylic oxidation sites excluding steroid dienone is 3. The van der Waals surface area contributed by atoms with Crippen molar-refractivity contribution in [3.05, 3.63) is 59.2 Å². The molecular formula is C18H16O3. The molecule has 2 unspecified atom stereocenters. The van der Waals surface area contributed by atoms with Crippen LogP contribution in [0.3, 0.4) is 0 Å². The van der Waals surface area contributed by atoms with E-state index in [1.807, 2.05) is 30.4 Å². The standard InChI is InChI=1S/C18H16O3/c19-17-14-6-7-15(18(17)20)16(14)12-8-13(9-12)21-10-11-4-2-1-3-5-11/h1-7,13-15H,8-10H2. The van der Waals surface area contributed by atoms with E-state index in [2.05, 4.69) is 12.1 Å². The molecule has 0 aromatic heterocycles. The van der Waals surface area contributed by atoms with Crippen LogP contribution in [0, 0.1) is 11.8 Å². The number of ketones is 2. The van der Waals surface area contributed by atoms with Gasteiger partial charge in [-0.25, -0.2) is 0 Å². The fourth-order valence-electron chi connectivity index (χ4n) is 3.46. The molecule has 21 heavy (non-hydrogen) atoms. The maximum absolute atomic E-state index is 11.7. The zero-order chi connectivity index (χ0) is 14.4. The van der Waals surface area contributed by atoms with Gasteiger partial charge in [0.25, 0.3) is 0 Å². The number of hydrogen-bond acceptors (Lipinski definition) is 3.